The second kappa shape index (κ2) is 6.34. The number of hydrogen-bond acceptors (Lipinski definition) is 3. The van der Waals surface area contributed by atoms with Crippen molar-refractivity contribution in [1.29, 1.82) is 0 Å². The Labute approximate surface area is 115 Å². The molecule has 0 amide bonds. The molecule has 1 unspecified atom stereocenters. The molecule has 2 N–H and O–H groups in total. The van der Waals surface area contributed by atoms with E-state index in [4.69, 9.17) is 5.73 Å². The van der Waals surface area contributed by atoms with Crippen LogP contribution in [0.4, 0.5) is 5.69 Å². The van der Waals surface area contributed by atoms with Crippen molar-refractivity contribution in [2.75, 3.05) is 18.5 Å². The van der Waals surface area contributed by atoms with E-state index < -0.39 is 0 Å². The molecule has 1 aromatic heterocycles. The monoisotopic (exact) mass is 255 g/mol. The molecule has 2 rings (SSSR count). The second-order valence-corrected chi connectivity index (χ2v) is 4.89. The minimum Gasteiger partial charge on any atom is -0.373 e. The lowest BCUT2D eigenvalue weighted by molar-refractivity contribution is 0.778. The summed E-state index contributed by atoms with van der Waals surface area (Å²) in [5.41, 5.74) is 9.21. The highest BCUT2D eigenvalue weighted by Gasteiger charge is 2.04. The SMILES string of the molecule is CC(N)c1ccc(N(C)CCc2ccccc2)cn1. The van der Waals surface area contributed by atoms with E-state index in [0.29, 0.717) is 0 Å². The standard InChI is InChI=1S/C16H21N3/c1-13(17)16-9-8-15(12-18-16)19(2)11-10-14-6-4-3-5-7-14/h3-9,12-13H,10-11,17H2,1-2H3. The molecular weight excluding hydrogens is 234 g/mol. The summed E-state index contributed by atoms with van der Waals surface area (Å²) in [6.45, 7) is 2.92. The lowest BCUT2D eigenvalue weighted by atomic mass is 10.1. The maximum Gasteiger partial charge on any atom is 0.0569 e. The molecule has 0 aliphatic heterocycles. The summed E-state index contributed by atoms with van der Waals surface area (Å²) in [5.74, 6) is 0. The fraction of sp³-hybridized carbons (Fsp3) is 0.312. The predicted octanol–water partition coefficient (Wildman–Crippen LogP) is 2.78. The molecule has 0 fully saturated rings. The van der Waals surface area contributed by atoms with Crippen molar-refractivity contribution in [3.63, 3.8) is 0 Å². The van der Waals surface area contributed by atoms with Gasteiger partial charge >= 0.3 is 0 Å². The van der Waals surface area contributed by atoms with Crippen LogP contribution < -0.4 is 10.6 Å². The van der Waals surface area contributed by atoms with Crippen LogP contribution in [-0.4, -0.2) is 18.6 Å². The molecule has 0 aliphatic carbocycles. The molecule has 0 spiro atoms. The van der Waals surface area contributed by atoms with Crippen LogP contribution >= 0.6 is 0 Å². The van der Waals surface area contributed by atoms with Crippen molar-refractivity contribution in [3.8, 4) is 0 Å². The second-order valence-electron chi connectivity index (χ2n) is 4.89. The van der Waals surface area contributed by atoms with Gasteiger partial charge in [0.2, 0.25) is 0 Å². The first-order chi connectivity index (χ1) is 9.16. The van der Waals surface area contributed by atoms with Gasteiger partial charge in [-0.1, -0.05) is 30.3 Å². The van der Waals surface area contributed by atoms with Gasteiger partial charge in [0.15, 0.2) is 0 Å². The Kier molecular flexibility index (Phi) is 4.53. The quantitative estimate of drug-likeness (QED) is 0.893. The van der Waals surface area contributed by atoms with Gasteiger partial charge in [-0.3, -0.25) is 4.98 Å². The number of pyridine rings is 1. The van der Waals surface area contributed by atoms with Gasteiger partial charge in [0.05, 0.1) is 17.6 Å². The van der Waals surface area contributed by atoms with Crippen molar-refractivity contribution in [3.05, 3.63) is 59.9 Å². The van der Waals surface area contributed by atoms with Gasteiger partial charge in [-0.05, 0) is 31.0 Å². The summed E-state index contributed by atoms with van der Waals surface area (Å²) in [5, 5.41) is 0. The average Bonchev–Trinajstić information content (AvgIpc) is 2.46. The summed E-state index contributed by atoms with van der Waals surface area (Å²) in [6, 6.07) is 14.6. The van der Waals surface area contributed by atoms with Crippen molar-refractivity contribution >= 4 is 5.69 Å². The lowest BCUT2D eigenvalue weighted by Crippen LogP contribution is -2.20. The normalized spacial score (nSPS) is 12.2. The summed E-state index contributed by atoms with van der Waals surface area (Å²) >= 11 is 0. The van der Waals surface area contributed by atoms with Crippen molar-refractivity contribution < 1.29 is 0 Å². The van der Waals surface area contributed by atoms with Gasteiger partial charge in [-0.25, -0.2) is 0 Å². The number of benzene rings is 1. The van der Waals surface area contributed by atoms with Gasteiger partial charge in [0.1, 0.15) is 0 Å². The van der Waals surface area contributed by atoms with Crippen molar-refractivity contribution in [2.24, 2.45) is 5.73 Å². The zero-order chi connectivity index (χ0) is 13.7. The number of hydrogen-bond donors (Lipinski definition) is 1. The lowest BCUT2D eigenvalue weighted by Gasteiger charge is -2.19. The Morgan fingerprint density at radius 2 is 1.89 bits per heavy atom. The highest BCUT2D eigenvalue weighted by Crippen LogP contribution is 2.14. The average molecular weight is 255 g/mol. The highest BCUT2D eigenvalue weighted by atomic mass is 15.1. The van der Waals surface area contributed by atoms with Crippen LogP contribution in [0.25, 0.3) is 0 Å². The van der Waals surface area contributed by atoms with Gasteiger partial charge < -0.3 is 10.6 Å². The molecule has 0 bridgehead atoms. The van der Waals surface area contributed by atoms with Crippen LogP contribution in [0.3, 0.4) is 0 Å². The smallest absolute Gasteiger partial charge is 0.0569 e. The van der Waals surface area contributed by atoms with Gasteiger partial charge in [-0.2, -0.15) is 0 Å². The van der Waals surface area contributed by atoms with Gasteiger partial charge in [-0.15, -0.1) is 0 Å². The fourth-order valence-corrected chi connectivity index (χ4v) is 1.96. The molecular formula is C16H21N3. The van der Waals surface area contributed by atoms with Crippen LogP contribution in [0.2, 0.25) is 0 Å². The molecule has 0 aliphatic rings. The first kappa shape index (κ1) is 13.6. The molecule has 1 aromatic carbocycles. The summed E-state index contributed by atoms with van der Waals surface area (Å²) < 4.78 is 0. The van der Waals surface area contributed by atoms with E-state index in [9.17, 15) is 0 Å². The number of rotatable bonds is 5. The zero-order valence-electron chi connectivity index (χ0n) is 11.6. The highest BCUT2D eigenvalue weighted by molar-refractivity contribution is 5.44. The Morgan fingerprint density at radius 3 is 2.47 bits per heavy atom. The Morgan fingerprint density at radius 1 is 1.16 bits per heavy atom. The van der Waals surface area contributed by atoms with E-state index in [-0.39, 0.29) is 6.04 Å². The van der Waals surface area contributed by atoms with E-state index in [0.717, 1.165) is 24.3 Å². The maximum atomic E-state index is 5.80. The number of aromatic nitrogens is 1. The fourth-order valence-electron chi connectivity index (χ4n) is 1.96. The molecule has 3 nitrogen and oxygen atoms in total. The van der Waals surface area contributed by atoms with E-state index in [1.54, 1.807) is 0 Å². The van der Waals surface area contributed by atoms with Gasteiger partial charge in [0, 0.05) is 19.6 Å². The molecule has 1 atom stereocenters. The number of anilines is 1. The Balaban J connectivity index is 1.94. The third-order valence-electron chi connectivity index (χ3n) is 3.26. The summed E-state index contributed by atoms with van der Waals surface area (Å²) in [4.78, 5) is 6.60. The van der Waals surface area contributed by atoms with Gasteiger partial charge in [0.25, 0.3) is 0 Å². The summed E-state index contributed by atoms with van der Waals surface area (Å²) in [6.07, 6.45) is 2.93. The van der Waals surface area contributed by atoms with Crippen LogP contribution in [0.15, 0.2) is 48.7 Å². The molecule has 0 saturated carbocycles. The molecule has 0 saturated heterocycles. The Bertz CT molecular complexity index is 491. The van der Waals surface area contributed by atoms with E-state index in [2.05, 4.69) is 47.3 Å². The molecule has 19 heavy (non-hydrogen) atoms. The summed E-state index contributed by atoms with van der Waals surface area (Å²) in [7, 11) is 2.09. The molecule has 2 aromatic rings. The molecule has 1 heterocycles. The first-order valence-electron chi connectivity index (χ1n) is 6.63. The van der Waals surface area contributed by atoms with Crippen LogP contribution in [0.1, 0.15) is 24.2 Å². The Hall–Kier alpha value is -1.87. The van der Waals surface area contributed by atoms with Crippen molar-refractivity contribution in [2.45, 2.75) is 19.4 Å². The van der Waals surface area contributed by atoms with Crippen LogP contribution in [0.5, 0.6) is 0 Å². The molecule has 3 heteroatoms. The van der Waals surface area contributed by atoms with E-state index in [1.165, 1.54) is 5.56 Å². The largest absolute Gasteiger partial charge is 0.373 e. The van der Waals surface area contributed by atoms with E-state index >= 15 is 0 Å². The van der Waals surface area contributed by atoms with Crippen LogP contribution in [0, 0.1) is 0 Å². The zero-order valence-corrected chi connectivity index (χ0v) is 11.6. The first-order valence-corrected chi connectivity index (χ1v) is 6.63. The molecule has 0 radical (unpaired) electrons. The number of likely N-dealkylation sites (N-methyl/N-ethyl adjacent to an activating group) is 1. The maximum absolute atomic E-state index is 5.80. The number of nitrogens with zero attached hydrogens (tertiary/aromatic N) is 2. The third-order valence-corrected chi connectivity index (χ3v) is 3.26. The minimum absolute atomic E-state index is 0.0105. The topological polar surface area (TPSA) is 42.1 Å². The van der Waals surface area contributed by atoms with E-state index in [1.807, 2.05) is 25.3 Å². The van der Waals surface area contributed by atoms with Crippen LogP contribution in [-0.2, 0) is 6.42 Å². The van der Waals surface area contributed by atoms with Crippen molar-refractivity contribution in [1.82, 2.24) is 4.98 Å². The molecule has 100 valence electrons. The predicted molar refractivity (Wildman–Crippen MR) is 80.3 cm³/mol. The minimum atomic E-state index is -0.0105. The number of nitrogens with two attached hydrogens (primary N) is 1. The third kappa shape index (κ3) is 3.80.